The number of aliphatic carboxylic acids is 2. The SMILES string of the molecule is NC1CCCC[C@@H]1N.O=C(O)C(O)C(O)C(=O)O. The normalized spacial score (nSPS) is 26.4. The molecule has 0 radical (unpaired) electrons. The van der Waals surface area contributed by atoms with Crippen LogP contribution in [0.5, 0.6) is 0 Å². The molecule has 0 spiro atoms. The van der Waals surface area contributed by atoms with Crippen molar-refractivity contribution in [1.29, 1.82) is 0 Å². The van der Waals surface area contributed by atoms with Crippen LogP contribution in [-0.2, 0) is 9.59 Å². The van der Waals surface area contributed by atoms with E-state index in [9.17, 15) is 9.59 Å². The topological polar surface area (TPSA) is 167 Å². The molecule has 0 bridgehead atoms. The van der Waals surface area contributed by atoms with E-state index in [1.165, 1.54) is 12.8 Å². The second-order valence-corrected chi connectivity index (χ2v) is 4.18. The minimum atomic E-state index is -2.27. The molecule has 1 aliphatic rings. The minimum absolute atomic E-state index is 0.281. The molecule has 0 aromatic rings. The third kappa shape index (κ3) is 5.92. The maximum absolute atomic E-state index is 9.77. The number of aliphatic hydroxyl groups is 2. The quantitative estimate of drug-likeness (QED) is 0.343. The van der Waals surface area contributed by atoms with Gasteiger partial charge in [0, 0.05) is 12.1 Å². The van der Waals surface area contributed by atoms with Crippen molar-refractivity contribution >= 4 is 11.9 Å². The van der Waals surface area contributed by atoms with Crippen molar-refractivity contribution in [2.24, 2.45) is 11.5 Å². The molecule has 3 unspecified atom stereocenters. The Morgan fingerprint density at radius 3 is 1.33 bits per heavy atom. The predicted octanol–water partition coefficient (Wildman–Crippen LogP) is -1.91. The average molecular weight is 264 g/mol. The number of carbonyl (C=O) groups is 2. The van der Waals surface area contributed by atoms with Gasteiger partial charge in [0.2, 0.25) is 0 Å². The standard InChI is InChI=1S/C6H14N2.C4H6O6/c7-5-3-1-2-4-6(5)8;5-1(3(7)8)2(6)4(9)10/h5-6H,1-4,7-8H2;1-2,5-6H,(H,7,8)(H,9,10)/t5-,6?;/m0./s1. The fourth-order valence-corrected chi connectivity index (χ4v) is 1.46. The molecule has 106 valence electrons. The molecule has 0 aromatic heterocycles. The van der Waals surface area contributed by atoms with Gasteiger partial charge in [-0.05, 0) is 12.8 Å². The highest BCUT2D eigenvalue weighted by molar-refractivity contribution is 5.83. The number of nitrogens with two attached hydrogens (primary N) is 2. The summed E-state index contributed by atoms with van der Waals surface area (Å²) in [7, 11) is 0. The molecule has 0 heterocycles. The Kier molecular flexibility index (Phi) is 7.44. The van der Waals surface area contributed by atoms with E-state index in [1.807, 2.05) is 0 Å². The lowest BCUT2D eigenvalue weighted by Crippen LogP contribution is -2.43. The Morgan fingerprint density at radius 2 is 1.17 bits per heavy atom. The molecule has 8 heteroatoms. The number of hydrogen-bond acceptors (Lipinski definition) is 6. The van der Waals surface area contributed by atoms with Crippen molar-refractivity contribution in [3.63, 3.8) is 0 Å². The van der Waals surface area contributed by atoms with Crippen molar-refractivity contribution < 1.29 is 30.0 Å². The maximum Gasteiger partial charge on any atom is 0.335 e. The fraction of sp³-hybridized carbons (Fsp3) is 0.800. The number of hydrogen-bond donors (Lipinski definition) is 6. The highest BCUT2D eigenvalue weighted by atomic mass is 16.4. The van der Waals surface area contributed by atoms with E-state index in [-0.39, 0.29) is 12.1 Å². The smallest absolute Gasteiger partial charge is 0.335 e. The van der Waals surface area contributed by atoms with Crippen molar-refractivity contribution in [1.82, 2.24) is 0 Å². The van der Waals surface area contributed by atoms with Gasteiger partial charge in [-0.1, -0.05) is 12.8 Å². The summed E-state index contributed by atoms with van der Waals surface area (Å²) in [6.45, 7) is 0. The molecule has 0 aromatic carbocycles. The molecule has 4 atom stereocenters. The molecule has 0 saturated heterocycles. The van der Waals surface area contributed by atoms with Crippen LogP contribution in [0.1, 0.15) is 25.7 Å². The zero-order chi connectivity index (χ0) is 14.3. The molecular formula is C10H20N2O6. The lowest BCUT2D eigenvalue weighted by atomic mass is 9.92. The first-order valence-electron chi connectivity index (χ1n) is 5.60. The Labute approximate surface area is 104 Å². The third-order valence-electron chi connectivity index (χ3n) is 2.68. The first kappa shape index (κ1) is 16.8. The van der Waals surface area contributed by atoms with Gasteiger partial charge in [-0.3, -0.25) is 0 Å². The van der Waals surface area contributed by atoms with Crippen molar-refractivity contribution in [3.8, 4) is 0 Å². The molecule has 0 aliphatic heterocycles. The van der Waals surface area contributed by atoms with Gasteiger partial charge in [0.15, 0.2) is 12.2 Å². The average Bonchev–Trinajstić information content (AvgIpc) is 2.31. The van der Waals surface area contributed by atoms with Crippen LogP contribution in [0, 0.1) is 0 Å². The number of carboxylic acids is 2. The summed E-state index contributed by atoms with van der Waals surface area (Å²) in [5.74, 6) is -3.54. The van der Waals surface area contributed by atoms with Crippen LogP contribution >= 0.6 is 0 Å². The van der Waals surface area contributed by atoms with E-state index >= 15 is 0 Å². The van der Waals surface area contributed by atoms with E-state index in [4.69, 9.17) is 31.9 Å². The van der Waals surface area contributed by atoms with E-state index in [0.29, 0.717) is 0 Å². The number of carboxylic acid groups (broad SMARTS) is 2. The maximum atomic E-state index is 9.77. The van der Waals surface area contributed by atoms with Crippen LogP contribution in [0.2, 0.25) is 0 Å². The van der Waals surface area contributed by atoms with Gasteiger partial charge in [-0.25, -0.2) is 9.59 Å². The van der Waals surface area contributed by atoms with E-state index < -0.39 is 24.1 Å². The molecule has 1 aliphatic carbocycles. The van der Waals surface area contributed by atoms with Crippen LogP contribution in [0.15, 0.2) is 0 Å². The van der Waals surface area contributed by atoms with E-state index in [1.54, 1.807) is 0 Å². The van der Waals surface area contributed by atoms with Crippen LogP contribution in [0.4, 0.5) is 0 Å². The summed E-state index contributed by atoms with van der Waals surface area (Å²) in [6.07, 6.45) is 0.265. The Balaban J connectivity index is 0.000000327. The lowest BCUT2D eigenvalue weighted by Gasteiger charge is -2.24. The Hall–Kier alpha value is -1.22. The van der Waals surface area contributed by atoms with Crippen molar-refractivity contribution in [3.05, 3.63) is 0 Å². The van der Waals surface area contributed by atoms with E-state index in [2.05, 4.69) is 0 Å². The second-order valence-electron chi connectivity index (χ2n) is 4.18. The van der Waals surface area contributed by atoms with Gasteiger partial charge < -0.3 is 31.9 Å². The molecule has 8 nitrogen and oxygen atoms in total. The molecule has 1 rings (SSSR count). The Morgan fingerprint density at radius 1 is 0.889 bits per heavy atom. The van der Waals surface area contributed by atoms with Crippen LogP contribution in [-0.4, -0.2) is 56.7 Å². The molecule has 8 N–H and O–H groups in total. The zero-order valence-electron chi connectivity index (χ0n) is 9.90. The summed E-state index contributed by atoms with van der Waals surface area (Å²) >= 11 is 0. The first-order chi connectivity index (χ1) is 8.27. The van der Waals surface area contributed by atoms with Gasteiger partial charge in [-0.2, -0.15) is 0 Å². The molecule has 0 amide bonds. The van der Waals surface area contributed by atoms with Gasteiger partial charge in [0.25, 0.3) is 0 Å². The van der Waals surface area contributed by atoms with Crippen molar-refractivity contribution in [2.75, 3.05) is 0 Å². The van der Waals surface area contributed by atoms with Crippen molar-refractivity contribution in [2.45, 2.75) is 50.0 Å². The molecule has 18 heavy (non-hydrogen) atoms. The van der Waals surface area contributed by atoms with Crippen LogP contribution < -0.4 is 11.5 Å². The summed E-state index contributed by atoms with van der Waals surface area (Å²) in [4.78, 5) is 19.5. The summed E-state index contributed by atoms with van der Waals surface area (Å²) in [5.41, 5.74) is 11.3. The van der Waals surface area contributed by atoms with Gasteiger partial charge in [0.1, 0.15) is 0 Å². The van der Waals surface area contributed by atoms with Gasteiger partial charge in [-0.15, -0.1) is 0 Å². The van der Waals surface area contributed by atoms with Gasteiger partial charge >= 0.3 is 11.9 Å². The Bertz CT molecular complexity index is 258. The second kappa shape index (κ2) is 7.98. The third-order valence-corrected chi connectivity index (χ3v) is 2.68. The molecule has 1 fully saturated rings. The van der Waals surface area contributed by atoms with Gasteiger partial charge in [0.05, 0.1) is 0 Å². The first-order valence-corrected chi connectivity index (χ1v) is 5.60. The largest absolute Gasteiger partial charge is 0.479 e. The van der Waals surface area contributed by atoms with E-state index in [0.717, 1.165) is 12.8 Å². The predicted molar refractivity (Wildman–Crippen MR) is 61.7 cm³/mol. The highest BCUT2D eigenvalue weighted by Crippen LogP contribution is 2.14. The monoisotopic (exact) mass is 264 g/mol. The minimum Gasteiger partial charge on any atom is -0.479 e. The van der Waals surface area contributed by atoms with Crippen LogP contribution in [0.25, 0.3) is 0 Å². The fourth-order valence-electron chi connectivity index (χ4n) is 1.46. The zero-order valence-corrected chi connectivity index (χ0v) is 9.90. The molecular weight excluding hydrogens is 244 g/mol. The number of rotatable bonds is 3. The number of aliphatic hydroxyl groups excluding tert-OH is 2. The molecule has 1 saturated carbocycles. The van der Waals surface area contributed by atoms with Crippen LogP contribution in [0.3, 0.4) is 0 Å². The highest BCUT2D eigenvalue weighted by Gasteiger charge is 2.29. The lowest BCUT2D eigenvalue weighted by molar-refractivity contribution is -0.165. The summed E-state index contributed by atoms with van der Waals surface area (Å²) in [6, 6.07) is 0.562. The summed E-state index contributed by atoms with van der Waals surface area (Å²) < 4.78 is 0. The summed E-state index contributed by atoms with van der Waals surface area (Å²) in [5, 5.41) is 32.5.